The first-order chi connectivity index (χ1) is 9.11. The van der Waals surface area contributed by atoms with Crippen molar-refractivity contribution in [2.45, 2.75) is 6.54 Å². The highest BCUT2D eigenvalue weighted by atomic mass is 16.3. The second kappa shape index (κ2) is 5.39. The molecule has 98 valence electrons. The zero-order valence-electron chi connectivity index (χ0n) is 10.5. The molecule has 0 unspecified atom stereocenters. The molecular weight excluding hydrogens is 244 g/mol. The third-order valence-corrected chi connectivity index (χ3v) is 2.76. The van der Waals surface area contributed by atoms with Crippen molar-refractivity contribution < 1.29 is 9.90 Å². The van der Waals surface area contributed by atoms with Crippen molar-refractivity contribution in [2.75, 3.05) is 7.05 Å². The Hall–Kier alpha value is -2.56. The summed E-state index contributed by atoms with van der Waals surface area (Å²) in [5.74, 6) is -0.261. The molecule has 0 spiro atoms. The van der Waals surface area contributed by atoms with Crippen LogP contribution in [-0.2, 0) is 6.54 Å². The minimum absolute atomic E-state index is 0.102. The number of carbonyl (C=O) groups excluding carboxylic acids is 1. The minimum atomic E-state index is -0.407. The van der Waals surface area contributed by atoms with Crippen molar-refractivity contribution in [3.05, 3.63) is 64.1 Å². The summed E-state index contributed by atoms with van der Waals surface area (Å²) in [6, 6.07) is 9.79. The number of aromatic hydroxyl groups is 1. The molecule has 5 nitrogen and oxygen atoms in total. The topological polar surface area (TPSA) is 71.3 Å². The number of nitrogens with one attached hydrogen (secondary N) is 1. The lowest BCUT2D eigenvalue weighted by Crippen LogP contribution is -2.31. The van der Waals surface area contributed by atoms with Crippen molar-refractivity contribution in [1.29, 1.82) is 0 Å². The summed E-state index contributed by atoms with van der Waals surface area (Å²) >= 11 is 0. The lowest BCUT2D eigenvalue weighted by molar-refractivity contribution is 0.0961. The SMILES string of the molecule is CNC(=O)c1cccn(Cc2cccc(O)c2)c1=O. The molecule has 0 saturated carbocycles. The van der Waals surface area contributed by atoms with Crippen LogP contribution in [-0.4, -0.2) is 22.6 Å². The summed E-state index contributed by atoms with van der Waals surface area (Å²) < 4.78 is 1.43. The Morgan fingerprint density at radius 1 is 1.32 bits per heavy atom. The first-order valence-electron chi connectivity index (χ1n) is 5.81. The van der Waals surface area contributed by atoms with Gasteiger partial charge in [0, 0.05) is 13.2 Å². The number of aromatic nitrogens is 1. The van der Waals surface area contributed by atoms with Crippen molar-refractivity contribution in [3.63, 3.8) is 0 Å². The second-order valence-electron chi connectivity index (χ2n) is 4.10. The number of rotatable bonds is 3. The highest BCUT2D eigenvalue weighted by Gasteiger charge is 2.10. The van der Waals surface area contributed by atoms with E-state index in [4.69, 9.17) is 0 Å². The molecule has 19 heavy (non-hydrogen) atoms. The highest BCUT2D eigenvalue weighted by molar-refractivity contribution is 5.93. The van der Waals surface area contributed by atoms with Gasteiger partial charge in [-0.25, -0.2) is 0 Å². The van der Waals surface area contributed by atoms with E-state index >= 15 is 0 Å². The van der Waals surface area contributed by atoms with Crippen LogP contribution in [0.5, 0.6) is 5.75 Å². The molecular formula is C14H14N2O3. The first kappa shape index (κ1) is 12.9. The molecule has 1 aromatic heterocycles. The van der Waals surface area contributed by atoms with E-state index in [1.54, 1.807) is 36.5 Å². The molecule has 2 rings (SSSR count). The molecule has 1 heterocycles. The summed E-state index contributed by atoms with van der Waals surface area (Å²) in [4.78, 5) is 23.6. The van der Waals surface area contributed by atoms with Gasteiger partial charge in [-0.05, 0) is 29.8 Å². The fraction of sp³-hybridized carbons (Fsp3) is 0.143. The third-order valence-electron chi connectivity index (χ3n) is 2.76. The molecule has 0 aliphatic rings. The highest BCUT2D eigenvalue weighted by Crippen LogP contribution is 2.11. The number of hydrogen-bond donors (Lipinski definition) is 2. The van der Waals surface area contributed by atoms with Gasteiger partial charge in [-0.15, -0.1) is 0 Å². The van der Waals surface area contributed by atoms with E-state index in [9.17, 15) is 14.7 Å². The zero-order chi connectivity index (χ0) is 13.8. The molecule has 1 amide bonds. The predicted octanol–water partition coefficient (Wildman–Crippen LogP) is 0.962. The van der Waals surface area contributed by atoms with Crippen molar-refractivity contribution >= 4 is 5.91 Å². The molecule has 0 bridgehead atoms. The van der Waals surface area contributed by atoms with Gasteiger partial charge in [0.2, 0.25) is 0 Å². The summed E-state index contributed by atoms with van der Waals surface area (Å²) in [7, 11) is 1.48. The Kier molecular flexibility index (Phi) is 3.66. The smallest absolute Gasteiger partial charge is 0.263 e. The Labute approximate surface area is 110 Å². The predicted molar refractivity (Wildman–Crippen MR) is 71.3 cm³/mol. The maximum atomic E-state index is 12.1. The Morgan fingerprint density at radius 3 is 2.79 bits per heavy atom. The Morgan fingerprint density at radius 2 is 2.11 bits per heavy atom. The molecule has 0 radical (unpaired) electrons. The van der Waals surface area contributed by atoms with Crippen LogP contribution in [0, 0.1) is 0 Å². The van der Waals surface area contributed by atoms with E-state index < -0.39 is 5.91 Å². The summed E-state index contributed by atoms with van der Waals surface area (Å²) in [5.41, 5.74) is 0.534. The lowest BCUT2D eigenvalue weighted by atomic mass is 10.2. The van der Waals surface area contributed by atoms with Gasteiger partial charge < -0.3 is 15.0 Å². The summed E-state index contributed by atoms with van der Waals surface area (Å²) in [5, 5.41) is 11.8. The van der Waals surface area contributed by atoms with Crippen molar-refractivity contribution in [3.8, 4) is 5.75 Å². The lowest BCUT2D eigenvalue weighted by Gasteiger charge is -2.08. The van der Waals surface area contributed by atoms with Gasteiger partial charge in [0.1, 0.15) is 11.3 Å². The van der Waals surface area contributed by atoms with Crippen LogP contribution in [0.25, 0.3) is 0 Å². The molecule has 2 N–H and O–H groups in total. The van der Waals surface area contributed by atoms with Crippen LogP contribution in [0.2, 0.25) is 0 Å². The van der Waals surface area contributed by atoms with Gasteiger partial charge in [-0.1, -0.05) is 12.1 Å². The van der Waals surface area contributed by atoms with E-state index in [1.165, 1.54) is 17.7 Å². The molecule has 2 aromatic rings. The monoisotopic (exact) mass is 258 g/mol. The van der Waals surface area contributed by atoms with E-state index in [0.29, 0.717) is 6.54 Å². The average molecular weight is 258 g/mol. The number of phenolic OH excluding ortho intramolecular Hbond substituents is 1. The number of nitrogens with zero attached hydrogens (tertiary/aromatic N) is 1. The van der Waals surface area contributed by atoms with Gasteiger partial charge in [0.25, 0.3) is 11.5 Å². The van der Waals surface area contributed by atoms with Crippen LogP contribution in [0.1, 0.15) is 15.9 Å². The Balaban J connectivity index is 2.36. The maximum absolute atomic E-state index is 12.1. The van der Waals surface area contributed by atoms with Crippen LogP contribution in [0.3, 0.4) is 0 Å². The van der Waals surface area contributed by atoms with E-state index in [0.717, 1.165) is 5.56 Å². The number of pyridine rings is 1. The van der Waals surface area contributed by atoms with Crippen molar-refractivity contribution in [2.24, 2.45) is 0 Å². The maximum Gasteiger partial charge on any atom is 0.263 e. The number of carbonyl (C=O) groups is 1. The molecule has 0 saturated heterocycles. The number of hydrogen-bond acceptors (Lipinski definition) is 3. The summed E-state index contributed by atoms with van der Waals surface area (Å²) in [6.07, 6.45) is 1.61. The average Bonchev–Trinajstić information content (AvgIpc) is 2.40. The van der Waals surface area contributed by atoms with E-state index in [-0.39, 0.29) is 16.9 Å². The normalized spacial score (nSPS) is 10.2. The zero-order valence-corrected chi connectivity index (χ0v) is 10.5. The van der Waals surface area contributed by atoms with Crippen LogP contribution in [0.15, 0.2) is 47.4 Å². The molecule has 0 aliphatic carbocycles. The van der Waals surface area contributed by atoms with Gasteiger partial charge >= 0.3 is 0 Å². The van der Waals surface area contributed by atoms with Gasteiger partial charge in [-0.2, -0.15) is 0 Å². The first-order valence-corrected chi connectivity index (χ1v) is 5.81. The summed E-state index contributed by atoms with van der Waals surface area (Å²) in [6.45, 7) is 0.304. The minimum Gasteiger partial charge on any atom is -0.508 e. The van der Waals surface area contributed by atoms with Crippen molar-refractivity contribution in [1.82, 2.24) is 9.88 Å². The molecule has 0 atom stereocenters. The standard InChI is InChI=1S/C14H14N2O3/c1-15-13(18)12-6-3-7-16(14(12)19)9-10-4-2-5-11(17)8-10/h2-8,17H,9H2,1H3,(H,15,18). The van der Waals surface area contributed by atoms with Crippen LogP contribution < -0.4 is 10.9 Å². The van der Waals surface area contributed by atoms with Gasteiger partial charge in [0.05, 0.1) is 6.54 Å². The molecule has 0 aliphatic heterocycles. The number of amides is 1. The largest absolute Gasteiger partial charge is 0.508 e. The molecule has 1 aromatic carbocycles. The quantitative estimate of drug-likeness (QED) is 0.861. The Bertz CT molecular complexity index is 662. The van der Waals surface area contributed by atoms with E-state index in [1.807, 2.05) is 0 Å². The fourth-order valence-corrected chi connectivity index (χ4v) is 1.82. The number of phenols is 1. The number of benzene rings is 1. The third kappa shape index (κ3) is 2.82. The van der Waals surface area contributed by atoms with Gasteiger partial charge in [0.15, 0.2) is 0 Å². The van der Waals surface area contributed by atoms with Crippen LogP contribution in [0.4, 0.5) is 0 Å². The fourth-order valence-electron chi connectivity index (χ4n) is 1.82. The molecule has 0 fully saturated rings. The van der Waals surface area contributed by atoms with Gasteiger partial charge in [-0.3, -0.25) is 9.59 Å². The van der Waals surface area contributed by atoms with E-state index in [2.05, 4.69) is 5.32 Å². The molecule has 5 heteroatoms. The van der Waals surface area contributed by atoms with Crippen LogP contribution >= 0.6 is 0 Å². The second-order valence-corrected chi connectivity index (χ2v) is 4.10.